The van der Waals surface area contributed by atoms with Crippen molar-refractivity contribution in [2.45, 2.75) is 46.6 Å². The molecule has 0 bridgehead atoms. The molecular formula is C11H23N. The fourth-order valence-corrected chi connectivity index (χ4v) is 2.09. The topological polar surface area (TPSA) is 12.0 Å². The van der Waals surface area contributed by atoms with Crippen LogP contribution in [0.4, 0.5) is 0 Å². The highest BCUT2D eigenvalue weighted by Gasteiger charge is 2.38. The quantitative estimate of drug-likeness (QED) is 0.667. The molecule has 3 atom stereocenters. The van der Waals surface area contributed by atoms with Crippen molar-refractivity contribution in [1.82, 2.24) is 5.32 Å². The predicted molar refractivity (Wildman–Crippen MR) is 54.2 cm³/mol. The third-order valence-corrected chi connectivity index (χ3v) is 2.88. The van der Waals surface area contributed by atoms with Crippen LogP contribution in [-0.2, 0) is 0 Å². The Morgan fingerprint density at radius 3 is 2.33 bits per heavy atom. The van der Waals surface area contributed by atoms with Crippen molar-refractivity contribution in [2.24, 2.45) is 17.8 Å². The molecule has 3 unspecified atom stereocenters. The minimum atomic E-state index is 0.796. The molecule has 1 saturated carbocycles. The molecule has 1 rings (SSSR count). The number of rotatable bonds is 5. The molecular weight excluding hydrogens is 146 g/mol. The normalized spacial score (nSPS) is 30.8. The Kier molecular flexibility index (Phi) is 3.57. The van der Waals surface area contributed by atoms with E-state index in [0.29, 0.717) is 0 Å². The molecule has 72 valence electrons. The molecule has 0 amide bonds. The van der Waals surface area contributed by atoms with E-state index in [1.165, 1.54) is 12.8 Å². The number of hydrogen-bond donors (Lipinski definition) is 1. The van der Waals surface area contributed by atoms with Crippen LogP contribution in [0.3, 0.4) is 0 Å². The first kappa shape index (κ1) is 10.0. The Balaban J connectivity index is 2.28. The lowest BCUT2D eigenvalue weighted by Crippen LogP contribution is -2.32. The van der Waals surface area contributed by atoms with Gasteiger partial charge in [-0.2, -0.15) is 0 Å². The summed E-state index contributed by atoms with van der Waals surface area (Å²) in [5, 5.41) is 3.61. The molecule has 1 aliphatic carbocycles. The van der Waals surface area contributed by atoms with Gasteiger partial charge in [0.05, 0.1) is 0 Å². The minimum absolute atomic E-state index is 0.796. The first-order chi connectivity index (χ1) is 5.65. The van der Waals surface area contributed by atoms with Crippen LogP contribution in [0.2, 0.25) is 0 Å². The summed E-state index contributed by atoms with van der Waals surface area (Å²) in [5.74, 6) is 2.79. The Morgan fingerprint density at radius 2 is 2.00 bits per heavy atom. The Labute approximate surface area is 76.9 Å². The van der Waals surface area contributed by atoms with Crippen LogP contribution in [0, 0.1) is 17.8 Å². The summed E-state index contributed by atoms with van der Waals surface area (Å²) in [6, 6.07) is 0.796. The standard InChI is InChI=1S/C11H23N/c1-5-12-11(6-8(2)3)10-7-9(10)4/h8-12H,5-7H2,1-4H3. The van der Waals surface area contributed by atoms with E-state index in [4.69, 9.17) is 0 Å². The van der Waals surface area contributed by atoms with E-state index >= 15 is 0 Å². The van der Waals surface area contributed by atoms with Gasteiger partial charge >= 0.3 is 0 Å². The molecule has 1 N–H and O–H groups in total. The molecule has 0 saturated heterocycles. The molecule has 0 aromatic heterocycles. The van der Waals surface area contributed by atoms with Gasteiger partial charge in [0.25, 0.3) is 0 Å². The molecule has 0 aromatic rings. The molecule has 1 aliphatic rings. The summed E-state index contributed by atoms with van der Waals surface area (Å²) in [6.07, 6.45) is 2.80. The van der Waals surface area contributed by atoms with Crippen molar-refractivity contribution in [1.29, 1.82) is 0 Å². The first-order valence-electron chi connectivity index (χ1n) is 5.38. The van der Waals surface area contributed by atoms with Crippen molar-refractivity contribution in [3.8, 4) is 0 Å². The van der Waals surface area contributed by atoms with Crippen LogP contribution in [-0.4, -0.2) is 12.6 Å². The van der Waals surface area contributed by atoms with Crippen molar-refractivity contribution in [3.63, 3.8) is 0 Å². The second kappa shape index (κ2) is 4.27. The van der Waals surface area contributed by atoms with Gasteiger partial charge in [-0.25, -0.2) is 0 Å². The lowest BCUT2D eigenvalue weighted by atomic mass is 9.99. The summed E-state index contributed by atoms with van der Waals surface area (Å²) in [6.45, 7) is 10.3. The Bertz CT molecular complexity index is 131. The highest BCUT2D eigenvalue weighted by molar-refractivity contribution is 4.92. The predicted octanol–water partition coefficient (Wildman–Crippen LogP) is 2.67. The zero-order valence-electron chi connectivity index (χ0n) is 8.93. The van der Waals surface area contributed by atoms with E-state index in [-0.39, 0.29) is 0 Å². The van der Waals surface area contributed by atoms with Gasteiger partial charge in [-0.05, 0) is 37.1 Å². The fraction of sp³-hybridized carbons (Fsp3) is 1.00. The molecule has 0 heterocycles. The molecule has 0 spiro atoms. The van der Waals surface area contributed by atoms with Gasteiger partial charge < -0.3 is 5.32 Å². The molecule has 12 heavy (non-hydrogen) atoms. The summed E-state index contributed by atoms with van der Waals surface area (Å²) in [5.41, 5.74) is 0. The van der Waals surface area contributed by atoms with Gasteiger partial charge in [-0.3, -0.25) is 0 Å². The third-order valence-electron chi connectivity index (χ3n) is 2.88. The Morgan fingerprint density at radius 1 is 1.42 bits per heavy atom. The third kappa shape index (κ3) is 2.78. The first-order valence-corrected chi connectivity index (χ1v) is 5.38. The lowest BCUT2D eigenvalue weighted by molar-refractivity contribution is 0.379. The zero-order chi connectivity index (χ0) is 9.14. The average molecular weight is 169 g/mol. The van der Waals surface area contributed by atoms with Gasteiger partial charge in [0, 0.05) is 6.04 Å². The van der Waals surface area contributed by atoms with Gasteiger partial charge in [0.2, 0.25) is 0 Å². The van der Waals surface area contributed by atoms with Crippen LogP contribution >= 0.6 is 0 Å². The van der Waals surface area contributed by atoms with Crippen LogP contribution in [0.5, 0.6) is 0 Å². The highest BCUT2D eigenvalue weighted by atomic mass is 14.9. The van der Waals surface area contributed by atoms with E-state index in [2.05, 4.69) is 33.0 Å². The van der Waals surface area contributed by atoms with Gasteiger partial charge in [0.1, 0.15) is 0 Å². The minimum Gasteiger partial charge on any atom is -0.314 e. The second-order valence-corrected chi connectivity index (χ2v) is 4.67. The largest absolute Gasteiger partial charge is 0.314 e. The molecule has 0 aromatic carbocycles. The monoisotopic (exact) mass is 169 g/mol. The number of hydrogen-bond acceptors (Lipinski definition) is 1. The molecule has 1 fully saturated rings. The molecule has 1 nitrogen and oxygen atoms in total. The van der Waals surface area contributed by atoms with Crippen LogP contribution in [0.15, 0.2) is 0 Å². The van der Waals surface area contributed by atoms with Crippen LogP contribution < -0.4 is 5.32 Å². The summed E-state index contributed by atoms with van der Waals surface area (Å²) >= 11 is 0. The molecule has 0 radical (unpaired) electrons. The fourth-order valence-electron chi connectivity index (χ4n) is 2.09. The van der Waals surface area contributed by atoms with E-state index in [1.54, 1.807) is 0 Å². The lowest BCUT2D eigenvalue weighted by Gasteiger charge is -2.19. The second-order valence-electron chi connectivity index (χ2n) is 4.67. The highest BCUT2D eigenvalue weighted by Crippen LogP contribution is 2.42. The molecule has 0 aliphatic heterocycles. The summed E-state index contributed by atoms with van der Waals surface area (Å²) in [4.78, 5) is 0. The summed E-state index contributed by atoms with van der Waals surface area (Å²) in [7, 11) is 0. The smallest absolute Gasteiger partial charge is 0.0100 e. The maximum atomic E-state index is 3.61. The van der Waals surface area contributed by atoms with Crippen molar-refractivity contribution in [2.75, 3.05) is 6.54 Å². The molecule has 1 heteroatoms. The van der Waals surface area contributed by atoms with E-state index < -0.39 is 0 Å². The maximum absolute atomic E-state index is 3.61. The van der Waals surface area contributed by atoms with E-state index in [1.807, 2.05) is 0 Å². The van der Waals surface area contributed by atoms with E-state index in [0.717, 1.165) is 30.3 Å². The number of nitrogens with one attached hydrogen (secondary N) is 1. The van der Waals surface area contributed by atoms with Crippen molar-refractivity contribution < 1.29 is 0 Å². The maximum Gasteiger partial charge on any atom is 0.0100 e. The van der Waals surface area contributed by atoms with Crippen molar-refractivity contribution >= 4 is 0 Å². The Hall–Kier alpha value is -0.0400. The average Bonchev–Trinajstić information content (AvgIpc) is 2.65. The summed E-state index contributed by atoms with van der Waals surface area (Å²) < 4.78 is 0. The van der Waals surface area contributed by atoms with Gasteiger partial charge in [-0.1, -0.05) is 27.7 Å². The zero-order valence-corrected chi connectivity index (χ0v) is 8.93. The van der Waals surface area contributed by atoms with Gasteiger partial charge in [0.15, 0.2) is 0 Å². The van der Waals surface area contributed by atoms with Crippen LogP contribution in [0.25, 0.3) is 0 Å². The van der Waals surface area contributed by atoms with Crippen molar-refractivity contribution in [3.05, 3.63) is 0 Å². The van der Waals surface area contributed by atoms with Crippen LogP contribution in [0.1, 0.15) is 40.5 Å². The van der Waals surface area contributed by atoms with E-state index in [9.17, 15) is 0 Å². The van der Waals surface area contributed by atoms with Gasteiger partial charge in [-0.15, -0.1) is 0 Å². The SMILES string of the molecule is CCNC(CC(C)C)C1CC1C.